The average Bonchev–Trinajstić information content (AvgIpc) is 2.97. The Kier molecular flexibility index (Phi) is 14.8. The van der Waals surface area contributed by atoms with Gasteiger partial charge in [0.1, 0.15) is 23.9 Å². The molecule has 0 saturated heterocycles. The summed E-state index contributed by atoms with van der Waals surface area (Å²) in [5.41, 5.74) is 18.0. The molecule has 0 aliphatic heterocycles. The SMILES string of the molecule is CSCCC(NC(=O)C(Cc1ccc(O)cc1)NC(=O)C(N)CCCN=C(N)N)C(=O)NC(Cc1ccccc1)C(=O)O. The Morgan fingerprint density at radius 2 is 1.37 bits per heavy atom. The third-order valence-electron chi connectivity index (χ3n) is 6.45. The van der Waals surface area contributed by atoms with E-state index in [0.29, 0.717) is 17.7 Å². The second-order valence-corrected chi connectivity index (χ2v) is 10.9. The van der Waals surface area contributed by atoms with E-state index in [0.717, 1.165) is 5.56 Å². The number of phenolic OH excluding ortho intramolecular Hbond substituents is 1. The van der Waals surface area contributed by atoms with E-state index >= 15 is 0 Å². The molecule has 234 valence electrons. The molecule has 0 aliphatic rings. The first-order valence-electron chi connectivity index (χ1n) is 13.8. The molecule has 4 atom stereocenters. The first kappa shape index (κ1) is 34.9. The number of carboxylic acid groups (broad SMARTS) is 1. The fourth-order valence-corrected chi connectivity index (χ4v) is 4.58. The van der Waals surface area contributed by atoms with Crippen LogP contribution in [0.2, 0.25) is 0 Å². The molecule has 4 unspecified atom stereocenters. The van der Waals surface area contributed by atoms with Crippen LogP contribution in [0.25, 0.3) is 0 Å². The highest BCUT2D eigenvalue weighted by atomic mass is 32.2. The number of nitrogens with two attached hydrogens (primary N) is 3. The van der Waals surface area contributed by atoms with E-state index in [9.17, 15) is 29.4 Å². The Labute approximate surface area is 255 Å². The molecule has 43 heavy (non-hydrogen) atoms. The van der Waals surface area contributed by atoms with Crippen LogP contribution in [0.15, 0.2) is 59.6 Å². The van der Waals surface area contributed by atoms with Gasteiger partial charge in [0.05, 0.1) is 6.04 Å². The van der Waals surface area contributed by atoms with Gasteiger partial charge < -0.3 is 43.4 Å². The zero-order chi connectivity index (χ0) is 31.8. The van der Waals surface area contributed by atoms with Gasteiger partial charge in [0.25, 0.3) is 0 Å². The molecule has 14 heteroatoms. The Hall–Kier alpha value is -4.30. The lowest BCUT2D eigenvalue weighted by Gasteiger charge is -2.25. The van der Waals surface area contributed by atoms with Gasteiger partial charge in [0, 0.05) is 19.4 Å². The summed E-state index contributed by atoms with van der Waals surface area (Å²) in [6.07, 6.45) is 2.86. The smallest absolute Gasteiger partial charge is 0.326 e. The highest BCUT2D eigenvalue weighted by Crippen LogP contribution is 2.13. The number of guanidine groups is 1. The molecule has 0 bridgehead atoms. The van der Waals surface area contributed by atoms with Crippen LogP contribution in [-0.2, 0) is 32.0 Å². The lowest BCUT2D eigenvalue weighted by molar-refractivity contribution is -0.142. The highest BCUT2D eigenvalue weighted by molar-refractivity contribution is 7.98. The number of carboxylic acids is 1. The number of benzene rings is 2. The number of hydrogen-bond acceptors (Lipinski definition) is 8. The van der Waals surface area contributed by atoms with Gasteiger partial charge >= 0.3 is 5.97 Å². The number of aromatic hydroxyl groups is 1. The highest BCUT2D eigenvalue weighted by Gasteiger charge is 2.30. The van der Waals surface area contributed by atoms with Crippen molar-refractivity contribution in [3.63, 3.8) is 0 Å². The maximum atomic E-state index is 13.5. The van der Waals surface area contributed by atoms with Crippen molar-refractivity contribution in [2.45, 2.75) is 56.3 Å². The molecule has 0 radical (unpaired) electrons. The molecular weight excluding hydrogens is 574 g/mol. The zero-order valence-electron chi connectivity index (χ0n) is 24.1. The maximum absolute atomic E-state index is 13.5. The second-order valence-electron chi connectivity index (χ2n) is 9.92. The number of hydrogen-bond donors (Lipinski definition) is 8. The van der Waals surface area contributed by atoms with E-state index in [-0.39, 0.29) is 43.9 Å². The predicted molar refractivity (Wildman–Crippen MR) is 166 cm³/mol. The van der Waals surface area contributed by atoms with Crippen molar-refractivity contribution in [2.24, 2.45) is 22.2 Å². The number of amides is 3. The van der Waals surface area contributed by atoms with Crippen molar-refractivity contribution >= 4 is 41.4 Å². The normalized spacial score (nSPS) is 13.5. The van der Waals surface area contributed by atoms with E-state index in [1.54, 1.807) is 42.5 Å². The quantitative estimate of drug-likeness (QED) is 0.0627. The van der Waals surface area contributed by atoms with Crippen molar-refractivity contribution in [1.29, 1.82) is 0 Å². The monoisotopic (exact) mass is 615 g/mol. The molecule has 0 aliphatic carbocycles. The first-order valence-corrected chi connectivity index (χ1v) is 15.1. The third-order valence-corrected chi connectivity index (χ3v) is 7.10. The number of rotatable bonds is 18. The van der Waals surface area contributed by atoms with E-state index in [2.05, 4.69) is 20.9 Å². The van der Waals surface area contributed by atoms with E-state index in [4.69, 9.17) is 17.2 Å². The summed E-state index contributed by atoms with van der Waals surface area (Å²) in [5.74, 6) is -2.62. The molecular formula is C29H41N7O6S. The van der Waals surface area contributed by atoms with Crippen LogP contribution in [0.4, 0.5) is 0 Å². The molecule has 0 fully saturated rings. The maximum Gasteiger partial charge on any atom is 0.326 e. The Morgan fingerprint density at radius 1 is 0.814 bits per heavy atom. The third kappa shape index (κ3) is 13.0. The van der Waals surface area contributed by atoms with Crippen molar-refractivity contribution < 1.29 is 29.4 Å². The van der Waals surface area contributed by atoms with Crippen LogP contribution >= 0.6 is 11.8 Å². The molecule has 2 aromatic carbocycles. The number of thioether (sulfide) groups is 1. The molecule has 2 rings (SSSR count). The van der Waals surface area contributed by atoms with Crippen LogP contribution < -0.4 is 33.2 Å². The van der Waals surface area contributed by atoms with Crippen LogP contribution in [-0.4, -0.2) is 82.6 Å². The van der Waals surface area contributed by atoms with Gasteiger partial charge in [-0.05, 0) is 54.5 Å². The lowest BCUT2D eigenvalue weighted by atomic mass is 10.0. The minimum absolute atomic E-state index is 0.0360. The first-order chi connectivity index (χ1) is 20.5. The number of carbonyl (C=O) groups is 4. The summed E-state index contributed by atoms with van der Waals surface area (Å²) < 4.78 is 0. The molecule has 0 heterocycles. The summed E-state index contributed by atoms with van der Waals surface area (Å²) in [5, 5.41) is 27.3. The van der Waals surface area contributed by atoms with Crippen molar-refractivity contribution in [1.82, 2.24) is 16.0 Å². The molecule has 2 aromatic rings. The number of phenols is 1. The average molecular weight is 616 g/mol. The number of aliphatic imine (C=N–C) groups is 1. The summed E-state index contributed by atoms with van der Waals surface area (Å²) in [6, 6.07) is 10.6. The zero-order valence-corrected chi connectivity index (χ0v) is 24.9. The van der Waals surface area contributed by atoms with Crippen molar-refractivity contribution in [3.8, 4) is 5.75 Å². The summed E-state index contributed by atoms with van der Waals surface area (Å²) in [7, 11) is 0. The van der Waals surface area contributed by atoms with Gasteiger partial charge in [0.2, 0.25) is 17.7 Å². The van der Waals surface area contributed by atoms with Crippen molar-refractivity contribution in [3.05, 3.63) is 65.7 Å². The molecule has 0 saturated carbocycles. The second kappa shape index (κ2) is 18.3. The minimum atomic E-state index is -1.21. The number of aliphatic carboxylic acids is 1. The lowest BCUT2D eigenvalue weighted by Crippen LogP contribution is -2.58. The molecule has 11 N–H and O–H groups in total. The van der Waals surface area contributed by atoms with Gasteiger partial charge in [-0.25, -0.2) is 4.79 Å². The number of nitrogens with zero attached hydrogens (tertiary/aromatic N) is 1. The van der Waals surface area contributed by atoms with Gasteiger partial charge in [-0.3, -0.25) is 19.4 Å². The Morgan fingerprint density at radius 3 is 1.98 bits per heavy atom. The summed E-state index contributed by atoms with van der Waals surface area (Å²) in [6.45, 7) is 0.286. The van der Waals surface area contributed by atoms with Gasteiger partial charge in [-0.15, -0.1) is 0 Å². The van der Waals surface area contributed by atoms with Crippen LogP contribution in [0.1, 0.15) is 30.4 Å². The number of nitrogens with one attached hydrogen (secondary N) is 3. The van der Waals surface area contributed by atoms with E-state index < -0.39 is 47.9 Å². The van der Waals surface area contributed by atoms with Gasteiger partial charge in [-0.2, -0.15) is 11.8 Å². The molecule has 13 nitrogen and oxygen atoms in total. The molecule has 0 spiro atoms. The van der Waals surface area contributed by atoms with Crippen LogP contribution in [0, 0.1) is 0 Å². The molecule has 0 aromatic heterocycles. The Bertz CT molecular complexity index is 1230. The van der Waals surface area contributed by atoms with Crippen molar-refractivity contribution in [2.75, 3.05) is 18.6 Å². The minimum Gasteiger partial charge on any atom is -0.508 e. The molecule has 3 amide bonds. The fraction of sp³-hybridized carbons (Fsp3) is 0.414. The summed E-state index contributed by atoms with van der Waals surface area (Å²) >= 11 is 1.46. The van der Waals surface area contributed by atoms with Crippen LogP contribution in [0.3, 0.4) is 0 Å². The fourth-order valence-electron chi connectivity index (χ4n) is 4.11. The number of carbonyl (C=O) groups excluding carboxylic acids is 3. The van der Waals surface area contributed by atoms with E-state index in [1.807, 2.05) is 6.26 Å². The Balaban J connectivity index is 2.19. The largest absolute Gasteiger partial charge is 0.508 e. The van der Waals surface area contributed by atoms with Gasteiger partial charge in [-0.1, -0.05) is 42.5 Å². The summed E-state index contributed by atoms with van der Waals surface area (Å²) in [4.78, 5) is 55.5. The predicted octanol–water partition coefficient (Wildman–Crippen LogP) is -0.150. The van der Waals surface area contributed by atoms with Gasteiger partial charge in [0.15, 0.2) is 5.96 Å². The van der Waals surface area contributed by atoms with E-state index in [1.165, 1.54) is 23.9 Å². The topological polar surface area (TPSA) is 235 Å². The standard InChI is InChI=1S/C29H41N7O6S/c1-43-15-13-22(26(39)36-24(28(41)42)17-18-6-3-2-4-7-18)34-27(40)23(16-19-9-11-20(37)12-10-19)35-25(38)21(30)8-5-14-33-29(31)32/h2-4,6-7,9-12,21-24,37H,5,8,13-17,30H2,1H3,(H,34,40)(H,35,38)(H,36,39)(H,41,42)(H4,31,32,33). The van der Waals surface area contributed by atoms with Crippen LogP contribution in [0.5, 0.6) is 5.75 Å².